The standard InChI is InChI=1S/C24H32F2O/c1-7-23(5,19-11-9-17(3)21(25)13-19)15-27-16-24(6,8-2)20-12-10-18(4)22(26)14-20/h9-14H,7-8,15-16H2,1-6H3. The predicted molar refractivity (Wildman–Crippen MR) is 108 cm³/mol. The molecule has 2 rings (SSSR count). The van der Waals surface area contributed by atoms with Gasteiger partial charge in [-0.1, -0.05) is 52.0 Å². The van der Waals surface area contributed by atoms with Crippen LogP contribution >= 0.6 is 0 Å². The van der Waals surface area contributed by atoms with Gasteiger partial charge in [0.05, 0.1) is 13.2 Å². The van der Waals surface area contributed by atoms with Crippen molar-refractivity contribution < 1.29 is 13.5 Å². The highest BCUT2D eigenvalue weighted by atomic mass is 19.1. The fraction of sp³-hybridized carbons (Fsp3) is 0.500. The molecule has 0 saturated carbocycles. The van der Waals surface area contributed by atoms with Gasteiger partial charge in [-0.3, -0.25) is 0 Å². The molecule has 0 radical (unpaired) electrons. The molecule has 2 atom stereocenters. The highest BCUT2D eigenvalue weighted by Gasteiger charge is 2.30. The quantitative estimate of drug-likeness (QED) is 0.503. The monoisotopic (exact) mass is 374 g/mol. The first-order valence-corrected chi connectivity index (χ1v) is 9.76. The Hall–Kier alpha value is -1.74. The van der Waals surface area contributed by atoms with Gasteiger partial charge >= 0.3 is 0 Å². The van der Waals surface area contributed by atoms with E-state index in [4.69, 9.17) is 4.74 Å². The lowest BCUT2D eigenvalue weighted by Gasteiger charge is -2.33. The summed E-state index contributed by atoms with van der Waals surface area (Å²) in [4.78, 5) is 0. The van der Waals surface area contributed by atoms with E-state index in [1.54, 1.807) is 26.0 Å². The summed E-state index contributed by atoms with van der Waals surface area (Å²) in [5.74, 6) is -0.360. The zero-order chi connectivity index (χ0) is 20.2. The molecule has 0 spiro atoms. The van der Waals surface area contributed by atoms with Gasteiger partial charge in [0.2, 0.25) is 0 Å². The van der Waals surface area contributed by atoms with Gasteiger partial charge in [0.15, 0.2) is 0 Å². The van der Waals surface area contributed by atoms with E-state index in [0.717, 1.165) is 24.0 Å². The Balaban J connectivity index is 2.14. The van der Waals surface area contributed by atoms with Crippen molar-refractivity contribution in [3.05, 3.63) is 70.3 Å². The Morgan fingerprint density at radius 1 is 0.741 bits per heavy atom. The third-order valence-electron chi connectivity index (χ3n) is 6.14. The third-order valence-corrected chi connectivity index (χ3v) is 6.14. The minimum Gasteiger partial charge on any atom is -0.380 e. The molecular weight excluding hydrogens is 342 g/mol. The van der Waals surface area contributed by atoms with Crippen LogP contribution in [-0.2, 0) is 15.6 Å². The first kappa shape index (κ1) is 21.6. The molecule has 0 N–H and O–H groups in total. The molecule has 3 heteroatoms. The van der Waals surface area contributed by atoms with E-state index in [2.05, 4.69) is 27.7 Å². The van der Waals surface area contributed by atoms with Crippen LogP contribution in [0.4, 0.5) is 8.78 Å². The lowest BCUT2D eigenvalue weighted by molar-refractivity contribution is 0.0509. The number of halogens is 2. The Labute approximate surface area is 162 Å². The molecule has 0 aromatic heterocycles. The highest BCUT2D eigenvalue weighted by molar-refractivity contribution is 5.31. The van der Waals surface area contributed by atoms with Crippen LogP contribution in [0.25, 0.3) is 0 Å². The van der Waals surface area contributed by atoms with E-state index in [9.17, 15) is 8.78 Å². The molecule has 0 heterocycles. The number of ether oxygens (including phenoxy) is 1. The fourth-order valence-corrected chi connectivity index (χ4v) is 3.22. The van der Waals surface area contributed by atoms with Crippen LogP contribution in [0.3, 0.4) is 0 Å². The molecule has 2 aromatic rings. The number of benzene rings is 2. The van der Waals surface area contributed by atoms with Gasteiger partial charge in [0.25, 0.3) is 0 Å². The minimum absolute atomic E-state index is 0.180. The van der Waals surface area contributed by atoms with E-state index >= 15 is 0 Å². The number of hydrogen-bond acceptors (Lipinski definition) is 1. The first-order valence-electron chi connectivity index (χ1n) is 9.76. The van der Waals surface area contributed by atoms with Crippen molar-refractivity contribution in [3.63, 3.8) is 0 Å². The van der Waals surface area contributed by atoms with E-state index in [0.29, 0.717) is 24.3 Å². The van der Waals surface area contributed by atoms with Crippen molar-refractivity contribution >= 4 is 0 Å². The molecule has 0 saturated heterocycles. The lowest BCUT2D eigenvalue weighted by atomic mass is 9.79. The average Bonchev–Trinajstić information content (AvgIpc) is 2.65. The molecule has 0 bridgehead atoms. The normalized spacial score (nSPS) is 16.0. The number of rotatable bonds is 8. The molecule has 0 amide bonds. The summed E-state index contributed by atoms with van der Waals surface area (Å²) in [6, 6.07) is 10.9. The molecule has 0 aliphatic heterocycles. The fourth-order valence-electron chi connectivity index (χ4n) is 3.22. The molecule has 148 valence electrons. The van der Waals surface area contributed by atoms with Gasteiger partial charge in [-0.25, -0.2) is 8.78 Å². The van der Waals surface area contributed by atoms with E-state index in [1.165, 1.54) is 0 Å². The molecular formula is C24H32F2O. The average molecular weight is 375 g/mol. The summed E-state index contributed by atoms with van der Waals surface area (Å²) < 4.78 is 34.2. The van der Waals surface area contributed by atoms with Crippen LogP contribution in [0.15, 0.2) is 36.4 Å². The van der Waals surface area contributed by atoms with Crippen LogP contribution in [-0.4, -0.2) is 13.2 Å². The topological polar surface area (TPSA) is 9.23 Å². The van der Waals surface area contributed by atoms with Crippen molar-refractivity contribution in [2.45, 2.75) is 65.2 Å². The number of hydrogen-bond donors (Lipinski definition) is 0. The van der Waals surface area contributed by atoms with Gasteiger partial charge in [-0.05, 0) is 61.1 Å². The zero-order valence-electron chi connectivity index (χ0n) is 17.5. The number of aryl methyl sites for hydroxylation is 2. The molecule has 2 unspecified atom stereocenters. The van der Waals surface area contributed by atoms with Crippen molar-refractivity contribution in [2.75, 3.05) is 13.2 Å². The Morgan fingerprint density at radius 2 is 1.11 bits per heavy atom. The maximum absolute atomic E-state index is 14.0. The van der Waals surface area contributed by atoms with Crippen LogP contribution in [0, 0.1) is 25.5 Å². The van der Waals surface area contributed by atoms with Crippen molar-refractivity contribution in [1.82, 2.24) is 0 Å². The van der Waals surface area contributed by atoms with Crippen molar-refractivity contribution in [3.8, 4) is 0 Å². The van der Waals surface area contributed by atoms with Crippen LogP contribution in [0.1, 0.15) is 62.8 Å². The summed E-state index contributed by atoms with van der Waals surface area (Å²) in [6.45, 7) is 12.9. The van der Waals surface area contributed by atoms with Crippen molar-refractivity contribution in [1.29, 1.82) is 0 Å². The summed E-state index contributed by atoms with van der Waals surface area (Å²) >= 11 is 0. The minimum atomic E-state index is -0.262. The summed E-state index contributed by atoms with van der Waals surface area (Å²) in [6.07, 6.45) is 1.69. The van der Waals surface area contributed by atoms with Crippen molar-refractivity contribution in [2.24, 2.45) is 0 Å². The molecule has 0 fully saturated rings. The largest absolute Gasteiger partial charge is 0.380 e. The van der Waals surface area contributed by atoms with E-state index in [-0.39, 0.29) is 22.5 Å². The van der Waals surface area contributed by atoms with Gasteiger partial charge in [-0.2, -0.15) is 0 Å². The Bertz CT molecular complexity index is 720. The second-order valence-electron chi connectivity index (χ2n) is 8.25. The van der Waals surface area contributed by atoms with Crippen LogP contribution in [0.5, 0.6) is 0 Å². The molecule has 2 aromatic carbocycles. The van der Waals surface area contributed by atoms with Crippen LogP contribution < -0.4 is 0 Å². The zero-order valence-corrected chi connectivity index (χ0v) is 17.5. The molecule has 0 aliphatic carbocycles. The van der Waals surface area contributed by atoms with Gasteiger partial charge in [-0.15, -0.1) is 0 Å². The van der Waals surface area contributed by atoms with Gasteiger partial charge in [0.1, 0.15) is 11.6 Å². The van der Waals surface area contributed by atoms with E-state index in [1.807, 2.05) is 24.3 Å². The lowest BCUT2D eigenvalue weighted by Crippen LogP contribution is -2.33. The first-order chi connectivity index (χ1) is 12.6. The maximum Gasteiger partial charge on any atom is 0.126 e. The molecule has 0 aliphatic rings. The maximum atomic E-state index is 14.0. The smallest absolute Gasteiger partial charge is 0.126 e. The second kappa shape index (κ2) is 8.52. The Morgan fingerprint density at radius 3 is 1.41 bits per heavy atom. The highest BCUT2D eigenvalue weighted by Crippen LogP contribution is 2.32. The van der Waals surface area contributed by atoms with Gasteiger partial charge < -0.3 is 4.74 Å². The summed E-state index contributed by atoms with van der Waals surface area (Å²) in [5, 5.41) is 0. The van der Waals surface area contributed by atoms with Gasteiger partial charge in [0, 0.05) is 10.8 Å². The summed E-state index contributed by atoms with van der Waals surface area (Å²) in [7, 11) is 0. The molecule has 27 heavy (non-hydrogen) atoms. The summed E-state index contributed by atoms with van der Waals surface area (Å²) in [5.41, 5.74) is 2.68. The Kier molecular flexibility index (Phi) is 6.80. The second-order valence-corrected chi connectivity index (χ2v) is 8.25. The SMILES string of the molecule is CCC(C)(COCC(C)(CC)c1ccc(C)c(F)c1)c1ccc(C)c(F)c1. The van der Waals surface area contributed by atoms with Crippen LogP contribution in [0.2, 0.25) is 0 Å². The molecule has 1 nitrogen and oxygen atoms in total. The third kappa shape index (κ3) is 4.76. The predicted octanol–water partition coefficient (Wildman–Crippen LogP) is 6.63. The van der Waals surface area contributed by atoms with E-state index < -0.39 is 0 Å².